The third-order valence-corrected chi connectivity index (χ3v) is 20.7. The first-order chi connectivity index (χ1) is 53.9. The van der Waals surface area contributed by atoms with E-state index in [0.29, 0.717) is 11.1 Å². The van der Waals surface area contributed by atoms with Crippen molar-refractivity contribution >= 4 is 11.6 Å². The fourth-order valence-electron chi connectivity index (χ4n) is 12.0. The molecule has 654 valence electrons. The maximum absolute atomic E-state index is 13.3. The Morgan fingerprint density at radius 2 is 0.538 bits per heavy atom. The van der Waals surface area contributed by atoms with E-state index in [1.54, 1.807) is 46.3 Å². The van der Waals surface area contributed by atoms with E-state index in [1.807, 2.05) is 65.0 Å². The van der Waals surface area contributed by atoms with Crippen LogP contribution in [0.2, 0.25) is 5.02 Å². The summed E-state index contributed by atoms with van der Waals surface area (Å²) < 4.78 is 50.0. The third kappa shape index (κ3) is 41.3. The van der Waals surface area contributed by atoms with Crippen molar-refractivity contribution in [2.45, 2.75) is 338 Å². The van der Waals surface area contributed by atoms with Crippen molar-refractivity contribution in [1.82, 2.24) is 0 Å². The molecule has 119 heavy (non-hydrogen) atoms. The number of methoxy groups -OCH3 is 2. The van der Waals surface area contributed by atoms with Crippen molar-refractivity contribution in [3.05, 3.63) is 339 Å². The fraction of sp³-hybridized carbons (Fsp3) is 0.469. The molecule has 10 aromatic carbocycles. The molecule has 0 fully saturated rings. The van der Waals surface area contributed by atoms with Gasteiger partial charge in [0.2, 0.25) is 0 Å². The molecule has 0 heterocycles. The molecule has 0 aliphatic heterocycles. The van der Waals surface area contributed by atoms with Gasteiger partial charge in [0, 0.05) is 5.02 Å². The molecule has 0 atom stereocenters. The Morgan fingerprint density at radius 1 is 0.210 bits per heavy atom. The van der Waals surface area contributed by atoms with Gasteiger partial charge in [-0.3, -0.25) is 0 Å². The topological polar surface area (TPSA) is 18.5 Å². The summed E-state index contributed by atoms with van der Waals surface area (Å²) in [5.74, 6) is 1.61. The SMILES string of the molecule is COc1cc(C(C)(C)C)ccc1C.COc1cc(C)cc(C(C)(C)C)c1.Cc1cc(C)cc(C(C)(C)C)c1.Cc1ccc(C(C)(C)C)cc1.Cc1ccc(C(C)(C)C)cc1Cl.Cc1ccc(C(C)(C)C)cc1F.Cc1ccc(C(C)(C)C)cc1F.Cc1ccc(F)c(C(C)(C)C)c1.Cc1cccc(C(C)(C)C)c1.Cc1ccccc1C(C)(C)C. The van der Waals surface area contributed by atoms with Crippen LogP contribution in [0.1, 0.15) is 325 Å². The van der Waals surface area contributed by atoms with Gasteiger partial charge in [0.15, 0.2) is 0 Å². The number of hydrogen-bond acceptors (Lipinski definition) is 2. The maximum atomic E-state index is 13.3. The summed E-state index contributed by atoms with van der Waals surface area (Å²) in [5, 5.41) is 0.863. The highest BCUT2D eigenvalue weighted by Crippen LogP contribution is 2.34. The Labute approximate surface area is 732 Å². The first-order valence-corrected chi connectivity index (χ1v) is 43.0. The number of hydrogen-bond donors (Lipinski definition) is 0. The molecule has 2 nitrogen and oxygen atoms in total. The van der Waals surface area contributed by atoms with Crippen molar-refractivity contribution in [1.29, 1.82) is 0 Å². The van der Waals surface area contributed by atoms with Crippen LogP contribution in [0.3, 0.4) is 0 Å². The van der Waals surface area contributed by atoms with Gasteiger partial charge in [0.25, 0.3) is 0 Å². The van der Waals surface area contributed by atoms with Crippen molar-refractivity contribution in [2.24, 2.45) is 0 Å². The first-order valence-electron chi connectivity index (χ1n) is 42.6. The lowest BCUT2D eigenvalue weighted by molar-refractivity contribution is 0.409. The van der Waals surface area contributed by atoms with Crippen LogP contribution < -0.4 is 9.47 Å². The van der Waals surface area contributed by atoms with Gasteiger partial charge >= 0.3 is 0 Å². The second-order valence-corrected chi connectivity index (χ2v) is 43.1. The van der Waals surface area contributed by atoms with Crippen LogP contribution in [0.5, 0.6) is 11.5 Å². The molecule has 10 rings (SSSR count). The van der Waals surface area contributed by atoms with Crippen LogP contribution in [0.15, 0.2) is 200 Å². The fourth-order valence-corrected chi connectivity index (χ4v) is 12.1. The molecule has 0 unspecified atom stereocenters. The number of ether oxygens (including phenoxy) is 2. The zero-order valence-electron chi connectivity index (χ0n) is 82.9. The quantitative estimate of drug-likeness (QED) is 0.172. The minimum atomic E-state index is -0.109. The monoisotopic (exact) mass is 1640 g/mol. The second-order valence-electron chi connectivity index (χ2n) is 42.7. The molecule has 0 aliphatic carbocycles. The van der Waals surface area contributed by atoms with Crippen molar-refractivity contribution in [3.63, 3.8) is 0 Å². The first kappa shape index (κ1) is 109. The highest BCUT2D eigenvalue weighted by atomic mass is 35.5. The number of aryl methyl sites for hydroxylation is 11. The van der Waals surface area contributed by atoms with Gasteiger partial charge in [0.05, 0.1) is 14.2 Å². The van der Waals surface area contributed by atoms with Crippen molar-refractivity contribution in [2.75, 3.05) is 14.2 Å². The Bertz CT molecular complexity index is 4540. The molecule has 0 N–H and O–H groups in total. The summed E-state index contributed by atoms with van der Waals surface area (Å²) in [5.41, 5.74) is 27.1. The zero-order chi connectivity index (χ0) is 92.3. The summed E-state index contributed by atoms with van der Waals surface area (Å²) in [6.07, 6.45) is 0. The minimum Gasteiger partial charge on any atom is -0.497 e. The predicted molar refractivity (Wildman–Crippen MR) is 522 cm³/mol. The molecule has 0 saturated heterocycles. The van der Waals surface area contributed by atoms with Gasteiger partial charge in [-0.25, -0.2) is 13.2 Å². The summed E-state index contributed by atoms with van der Waals surface area (Å²) >= 11 is 6.02. The minimum absolute atomic E-state index is 0.0362. The number of halogens is 4. The van der Waals surface area contributed by atoms with Gasteiger partial charge in [-0.15, -0.1) is 0 Å². The summed E-state index contributed by atoms with van der Waals surface area (Å²) in [6.45, 7) is 87.7. The van der Waals surface area contributed by atoms with E-state index < -0.39 is 0 Å². The highest BCUT2D eigenvalue weighted by Gasteiger charge is 2.22. The molecule has 0 spiro atoms. The molecule has 10 aromatic rings. The summed E-state index contributed by atoms with van der Waals surface area (Å²) in [6, 6.07) is 67.9. The van der Waals surface area contributed by atoms with Crippen LogP contribution >= 0.6 is 11.6 Å². The van der Waals surface area contributed by atoms with E-state index in [2.05, 4.69) is 381 Å². The lowest BCUT2D eigenvalue weighted by Gasteiger charge is -2.21. The lowest BCUT2D eigenvalue weighted by atomic mass is 9.84. The van der Waals surface area contributed by atoms with E-state index in [4.69, 9.17) is 21.1 Å². The summed E-state index contributed by atoms with van der Waals surface area (Å²) in [4.78, 5) is 0. The summed E-state index contributed by atoms with van der Waals surface area (Å²) in [7, 11) is 3.43. The van der Waals surface area contributed by atoms with E-state index in [1.165, 1.54) is 84.0 Å². The van der Waals surface area contributed by atoms with E-state index >= 15 is 0 Å². The largest absolute Gasteiger partial charge is 0.497 e. The van der Waals surface area contributed by atoms with Crippen LogP contribution in [-0.4, -0.2) is 14.2 Å². The van der Waals surface area contributed by atoms with E-state index in [0.717, 1.165) is 44.3 Å². The van der Waals surface area contributed by atoms with Gasteiger partial charge in [-0.1, -0.05) is 405 Å². The average molecular weight is 1640 g/mol. The Morgan fingerprint density at radius 3 is 0.874 bits per heavy atom. The average Bonchev–Trinajstić information content (AvgIpc) is 0.844. The van der Waals surface area contributed by atoms with Gasteiger partial charge in [0.1, 0.15) is 29.0 Å². The van der Waals surface area contributed by atoms with E-state index in [9.17, 15) is 13.2 Å². The van der Waals surface area contributed by atoms with Crippen molar-refractivity contribution < 1.29 is 22.6 Å². The highest BCUT2D eigenvalue weighted by molar-refractivity contribution is 6.31. The van der Waals surface area contributed by atoms with Crippen molar-refractivity contribution in [3.8, 4) is 11.5 Å². The van der Waals surface area contributed by atoms with Crippen LogP contribution in [0.25, 0.3) is 0 Å². The zero-order valence-corrected chi connectivity index (χ0v) is 83.6. The Balaban J connectivity index is 0.000000661. The number of rotatable bonds is 2. The maximum Gasteiger partial charge on any atom is 0.126 e. The molecular formula is C113H162ClF3O2. The normalized spacial score (nSPS) is 11.7. The Kier molecular flexibility index (Phi) is 42.3. The van der Waals surface area contributed by atoms with E-state index in [-0.39, 0.29) is 71.6 Å². The smallest absolute Gasteiger partial charge is 0.126 e. The Hall–Kier alpha value is -8.12. The molecule has 0 saturated carbocycles. The van der Waals surface area contributed by atoms with Crippen LogP contribution in [0, 0.1) is 93.6 Å². The molecular weight excluding hydrogens is 1480 g/mol. The molecule has 0 aliphatic rings. The molecule has 0 aromatic heterocycles. The van der Waals surface area contributed by atoms with Gasteiger partial charge < -0.3 is 9.47 Å². The molecule has 6 heteroatoms. The standard InChI is InChI=1S/2C12H18O.C12H18.C11H15Cl.3C11H15F.3C11H16/c1-9-6-10(12(2,3)4)8-11(7-9)13-5;1-9-6-7-10(12(2,3)4)8-11(9)13-5;1-9-6-10(2)8-11(7-9)12(3,4)5;3*1-8-5-6-9(7-10(8)12)11(2,3)4;1-8-5-6-10(12)9(7-8)11(2,3)4;1-9-5-7-10(8-6-9)11(2,3)4;1-9-6-5-7-10(8-9)11(2,3)4;1-9-7-5-6-8-10(9)11(2,3)4/h2*6-8H,1-5H3;6-8H,1-5H3;4*5-7H,1-4H3;3*5-8H,1-4H3. The van der Waals surface area contributed by atoms with Gasteiger partial charge in [-0.2, -0.15) is 0 Å². The predicted octanol–water partition coefficient (Wildman–Crippen LogP) is 34.3. The number of benzene rings is 10. The van der Waals surface area contributed by atoms with Gasteiger partial charge in [-0.05, 0) is 262 Å². The van der Waals surface area contributed by atoms with Crippen LogP contribution in [0.4, 0.5) is 13.2 Å². The third-order valence-electron chi connectivity index (χ3n) is 20.3. The van der Waals surface area contributed by atoms with Crippen LogP contribution in [-0.2, 0) is 54.1 Å². The lowest BCUT2D eigenvalue weighted by Crippen LogP contribution is -2.13. The molecule has 0 amide bonds. The molecule has 0 bridgehead atoms. The molecule has 0 radical (unpaired) electrons. The second kappa shape index (κ2) is 46.2.